The van der Waals surface area contributed by atoms with Gasteiger partial charge in [0.05, 0.1) is 6.20 Å². The molecule has 1 aliphatic carbocycles. The van der Waals surface area contributed by atoms with Gasteiger partial charge in [-0.15, -0.1) is 0 Å². The Morgan fingerprint density at radius 3 is 2.75 bits per heavy atom. The highest BCUT2D eigenvalue weighted by atomic mass is 32.2. The zero-order chi connectivity index (χ0) is 11.8. The van der Waals surface area contributed by atoms with Gasteiger partial charge in [-0.1, -0.05) is 0 Å². The quantitative estimate of drug-likeness (QED) is 0.687. The molecule has 0 aromatic carbocycles. The van der Waals surface area contributed by atoms with Gasteiger partial charge in [0.2, 0.25) is 0 Å². The summed E-state index contributed by atoms with van der Waals surface area (Å²) >= 11 is 0. The first-order chi connectivity index (χ1) is 7.41. The molecule has 1 aromatic rings. The molecule has 0 saturated heterocycles. The van der Waals surface area contributed by atoms with Gasteiger partial charge in [-0.3, -0.25) is 0 Å². The van der Waals surface area contributed by atoms with Gasteiger partial charge < -0.3 is 10.7 Å². The molecule has 1 saturated carbocycles. The predicted molar refractivity (Wildman–Crippen MR) is 59.3 cm³/mol. The fourth-order valence-electron chi connectivity index (χ4n) is 1.66. The lowest BCUT2D eigenvalue weighted by molar-refractivity contribution is 0.251. The normalized spacial score (nSPS) is 19.4. The third-order valence-electron chi connectivity index (χ3n) is 2.93. The average molecular weight is 244 g/mol. The molecule has 1 aromatic heterocycles. The minimum Gasteiger partial charge on any atom is -0.332 e. The number of aromatic amines is 1. The Bertz CT molecular complexity index is 475. The van der Waals surface area contributed by atoms with E-state index in [2.05, 4.69) is 14.7 Å². The molecule has 1 aliphatic rings. The van der Waals surface area contributed by atoms with Crippen molar-refractivity contribution in [3.05, 3.63) is 12.0 Å². The van der Waals surface area contributed by atoms with E-state index >= 15 is 0 Å². The van der Waals surface area contributed by atoms with Gasteiger partial charge in [-0.2, -0.15) is 0 Å². The van der Waals surface area contributed by atoms with Crippen molar-refractivity contribution in [1.29, 1.82) is 0 Å². The number of hydrogen-bond donors (Lipinski definition) is 3. The van der Waals surface area contributed by atoms with E-state index in [4.69, 9.17) is 5.73 Å². The number of aryl methyl sites for hydroxylation is 1. The molecular formula is C9H16N4O2S. The van der Waals surface area contributed by atoms with Gasteiger partial charge in [0, 0.05) is 12.1 Å². The molecule has 0 spiro atoms. The van der Waals surface area contributed by atoms with Crippen molar-refractivity contribution in [2.45, 2.75) is 36.8 Å². The molecule has 1 heterocycles. The Hall–Kier alpha value is -0.920. The van der Waals surface area contributed by atoms with Crippen molar-refractivity contribution in [2.24, 2.45) is 5.73 Å². The molecule has 0 aliphatic heterocycles. The fraction of sp³-hybridized carbons (Fsp3) is 0.667. The number of sulfonamides is 1. The number of rotatable bonds is 4. The van der Waals surface area contributed by atoms with Crippen LogP contribution in [0.3, 0.4) is 0 Å². The molecule has 0 radical (unpaired) electrons. The zero-order valence-corrected chi connectivity index (χ0v) is 9.97. The minimum absolute atomic E-state index is 0.0907. The Balaban J connectivity index is 2.03. The van der Waals surface area contributed by atoms with Crippen LogP contribution in [-0.4, -0.2) is 30.5 Å². The highest BCUT2D eigenvalue weighted by Crippen LogP contribution is 2.28. The Kier molecular flexibility index (Phi) is 2.77. The highest BCUT2D eigenvalue weighted by molar-refractivity contribution is 7.89. The van der Waals surface area contributed by atoms with Crippen LogP contribution in [0.25, 0.3) is 0 Å². The van der Waals surface area contributed by atoms with Crippen molar-refractivity contribution in [3.8, 4) is 0 Å². The van der Waals surface area contributed by atoms with Crippen molar-refractivity contribution in [3.63, 3.8) is 0 Å². The molecule has 16 heavy (non-hydrogen) atoms. The van der Waals surface area contributed by atoms with Crippen molar-refractivity contribution >= 4 is 10.0 Å². The number of imidazole rings is 1. The molecule has 90 valence electrons. The summed E-state index contributed by atoms with van der Waals surface area (Å²) in [5, 5.41) is 0.0907. The summed E-state index contributed by atoms with van der Waals surface area (Å²) in [4.78, 5) is 6.54. The second-order valence-corrected chi connectivity index (χ2v) is 6.11. The van der Waals surface area contributed by atoms with E-state index in [1.54, 1.807) is 6.92 Å². The van der Waals surface area contributed by atoms with E-state index in [1.807, 2.05) is 0 Å². The molecule has 4 N–H and O–H groups in total. The van der Waals surface area contributed by atoms with Crippen LogP contribution in [0, 0.1) is 6.92 Å². The first-order valence-corrected chi connectivity index (χ1v) is 6.70. The summed E-state index contributed by atoms with van der Waals surface area (Å²) in [5.74, 6) is 0.575. The molecular weight excluding hydrogens is 228 g/mol. The number of hydrogen-bond acceptors (Lipinski definition) is 4. The van der Waals surface area contributed by atoms with Crippen LogP contribution in [0.15, 0.2) is 11.2 Å². The Morgan fingerprint density at radius 1 is 1.62 bits per heavy atom. The van der Waals surface area contributed by atoms with Gasteiger partial charge in [-0.05, 0) is 26.2 Å². The summed E-state index contributed by atoms with van der Waals surface area (Å²) < 4.78 is 26.1. The van der Waals surface area contributed by atoms with Crippen LogP contribution in [0.5, 0.6) is 0 Å². The smallest absolute Gasteiger partial charge is 0.257 e. The summed E-state index contributed by atoms with van der Waals surface area (Å²) in [5.41, 5.74) is 5.58. The standard InChI is InChI=1S/C9H16N4O2S/c1-7-11-5-8(13-7)16(14,15)12-6-9(10)3-2-4-9/h5,12H,2-4,6,10H2,1H3,(H,11,13). The van der Waals surface area contributed by atoms with E-state index in [9.17, 15) is 8.42 Å². The largest absolute Gasteiger partial charge is 0.332 e. The number of H-pyrrole nitrogens is 1. The van der Waals surface area contributed by atoms with Gasteiger partial charge in [0.15, 0.2) is 5.03 Å². The van der Waals surface area contributed by atoms with E-state index < -0.39 is 10.0 Å². The molecule has 1 fully saturated rings. The van der Waals surface area contributed by atoms with E-state index in [1.165, 1.54) is 6.20 Å². The summed E-state index contributed by atoms with van der Waals surface area (Å²) in [6.45, 7) is 1.99. The van der Waals surface area contributed by atoms with Gasteiger partial charge in [-0.25, -0.2) is 18.1 Å². The Morgan fingerprint density at radius 2 is 2.31 bits per heavy atom. The van der Waals surface area contributed by atoms with E-state index in [0.717, 1.165) is 19.3 Å². The van der Waals surface area contributed by atoms with E-state index in [-0.39, 0.29) is 17.1 Å². The maximum atomic E-state index is 11.8. The molecule has 2 rings (SSSR count). The number of nitrogens with two attached hydrogens (primary N) is 1. The lowest BCUT2D eigenvalue weighted by Crippen LogP contribution is -2.54. The number of aromatic nitrogens is 2. The molecule has 6 nitrogen and oxygen atoms in total. The SMILES string of the molecule is Cc1ncc(S(=O)(=O)NCC2(N)CCC2)[nH]1. The average Bonchev–Trinajstić information content (AvgIpc) is 2.60. The second-order valence-electron chi connectivity index (χ2n) is 4.37. The van der Waals surface area contributed by atoms with Crippen LogP contribution < -0.4 is 10.5 Å². The van der Waals surface area contributed by atoms with Crippen molar-refractivity contribution in [2.75, 3.05) is 6.54 Å². The predicted octanol–water partition coefficient (Wildman–Crippen LogP) is -0.122. The maximum absolute atomic E-state index is 11.8. The van der Waals surface area contributed by atoms with Gasteiger partial charge in [0.25, 0.3) is 10.0 Å². The molecule has 0 bridgehead atoms. The number of nitrogens with one attached hydrogen (secondary N) is 2. The van der Waals surface area contributed by atoms with Crippen LogP contribution in [0.1, 0.15) is 25.1 Å². The molecule has 0 atom stereocenters. The number of nitrogens with zero attached hydrogens (tertiary/aromatic N) is 1. The summed E-state index contributed by atoms with van der Waals surface area (Å²) in [6.07, 6.45) is 4.12. The maximum Gasteiger partial charge on any atom is 0.257 e. The van der Waals surface area contributed by atoms with Gasteiger partial charge >= 0.3 is 0 Å². The lowest BCUT2D eigenvalue weighted by Gasteiger charge is -2.37. The van der Waals surface area contributed by atoms with Crippen LogP contribution >= 0.6 is 0 Å². The van der Waals surface area contributed by atoms with Crippen LogP contribution in [0.4, 0.5) is 0 Å². The first-order valence-electron chi connectivity index (χ1n) is 5.21. The topological polar surface area (TPSA) is 101 Å². The van der Waals surface area contributed by atoms with Crippen molar-refractivity contribution < 1.29 is 8.42 Å². The van der Waals surface area contributed by atoms with Crippen molar-refractivity contribution in [1.82, 2.24) is 14.7 Å². The second kappa shape index (κ2) is 3.83. The molecule has 7 heteroatoms. The summed E-state index contributed by atoms with van der Waals surface area (Å²) in [7, 11) is -3.50. The molecule has 0 unspecified atom stereocenters. The first kappa shape index (κ1) is 11.6. The molecule has 0 amide bonds. The lowest BCUT2D eigenvalue weighted by atomic mass is 9.78. The minimum atomic E-state index is -3.50. The van der Waals surface area contributed by atoms with Crippen LogP contribution in [-0.2, 0) is 10.0 Å². The fourth-order valence-corrected chi connectivity index (χ4v) is 2.77. The van der Waals surface area contributed by atoms with E-state index in [0.29, 0.717) is 5.82 Å². The zero-order valence-electron chi connectivity index (χ0n) is 9.16. The van der Waals surface area contributed by atoms with Crippen LogP contribution in [0.2, 0.25) is 0 Å². The summed E-state index contributed by atoms with van der Waals surface area (Å²) in [6, 6.07) is 0. The monoisotopic (exact) mass is 244 g/mol. The third kappa shape index (κ3) is 2.26. The Labute approximate surface area is 94.7 Å². The van der Waals surface area contributed by atoms with Gasteiger partial charge in [0.1, 0.15) is 5.82 Å². The third-order valence-corrected chi connectivity index (χ3v) is 4.24. The highest BCUT2D eigenvalue weighted by Gasteiger charge is 2.33.